The van der Waals surface area contributed by atoms with E-state index in [9.17, 15) is 0 Å². The molecule has 1 unspecified atom stereocenters. The number of hydrogen-bond donors (Lipinski definition) is 0. The topological polar surface area (TPSA) is 70.9 Å². The van der Waals surface area contributed by atoms with Crippen LogP contribution >= 0.6 is 27.5 Å². The van der Waals surface area contributed by atoms with Crippen LogP contribution in [0.15, 0.2) is 32.7 Å². The number of nitrogens with zero attached hydrogens (tertiary/aromatic N) is 2. The highest BCUT2D eigenvalue weighted by Crippen LogP contribution is 2.23. The molecule has 0 spiro atoms. The Bertz CT molecular complexity index is 820. The van der Waals surface area contributed by atoms with Gasteiger partial charge in [0.25, 0.3) is 0 Å². The molecule has 0 aromatic heterocycles. The summed E-state index contributed by atoms with van der Waals surface area (Å²) >= 11 is 9.67. The van der Waals surface area contributed by atoms with E-state index in [4.69, 9.17) is 51.7 Å². The van der Waals surface area contributed by atoms with Gasteiger partial charge in [-0.05, 0) is 37.5 Å². The molecule has 1 aliphatic rings. The third-order valence-corrected chi connectivity index (χ3v) is 5.52. The number of halogens is 2. The monoisotopic (exact) mass is 530 g/mol. The number of terminal acetylenes is 1. The second-order valence-corrected chi connectivity index (χ2v) is 8.32. The number of rotatable bonds is 19. The molecule has 1 heterocycles. The Morgan fingerprint density at radius 3 is 1.97 bits per heavy atom. The Hall–Kier alpha value is -1.05. The van der Waals surface area contributed by atoms with Gasteiger partial charge < -0.3 is 23.7 Å². The summed E-state index contributed by atoms with van der Waals surface area (Å²) in [5, 5.41) is 1.81. The Labute approximate surface area is 203 Å². The maximum absolute atomic E-state index is 6.20. The first-order valence-corrected chi connectivity index (χ1v) is 12.2. The Morgan fingerprint density at radius 1 is 0.812 bits per heavy atom. The number of alkyl halides is 1. The molecule has 1 atom stereocenters. The molecule has 32 heavy (non-hydrogen) atoms. The van der Waals surface area contributed by atoms with Crippen LogP contribution in [0.3, 0.4) is 0 Å². The zero-order chi connectivity index (χ0) is 22.9. The van der Waals surface area contributed by atoms with Gasteiger partial charge in [0.15, 0.2) is 5.66 Å². The lowest BCUT2D eigenvalue weighted by Crippen LogP contribution is -2.25. The molecule has 9 heteroatoms. The second-order valence-electron chi connectivity index (χ2n) is 7.14. The minimum Gasteiger partial charge on any atom is -0.379 e. The molecule has 1 aromatic carbocycles. The van der Waals surface area contributed by atoms with Crippen LogP contribution in [-0.2, 0) is 23.7 Å². The summed E-state index contributed by atoms with van der Waals surface area (Å²) in [6, 6.07) is 5.92. The Morgan fingerprint density at radius 2 is 1.38 bits per heavy atom. The second kappa shape index (κ2) is 16.5. The summed E-state index contributed by atoms with van der Waals surface area (Å²) in [5.74, 6) is 2.78. The van der Waals surface area contributed by atoms with Crippen LogP contribution in [0.2, 0.25) is 0 Å². The summed E-state index contributed by atoms with van der Waals surface area (Å²) in [7, 11) is 0. The first kappa shape index (κ1) is 27.2. The van der Waals surface area contributed by atoms with Crippen molar-refractivity contribution in [3.05, 3.63) is 33.4 Å². The molecule has 0 fully saturated rings. The third-order valence-electron chi connectivity index (χ3n) is 4.60. The zero-order valence-corrected chi connectivity index (χ0v) is 20.7. The molecule has 1 aromatic rings. The molecular formula is C23H32BrClN2O5. The van der Waals surface area contributed by atoms with Gasteiger partial charge in [0.1, 0.15) is 6.61 Å². The van der Waals surface area contributed by atoms with E-state index in [0.717, 1.165) is 34.4 Å². The number of hydrogen-bond acceptors (Lipinski definition) is 7. The summed E-state index contributed by atoms with van der Waals surface area (Å²) in [6.07, 6.45) is 7.76. The van der Waals surface area contributed by atoms with Crippen molar-refractivity contribution in [2.75, 3.05) is 71.9 Å². The van der Waals surface area contributed by atoms with Crippen LogP contribution in [0.25, 0.3) is 0 Å². The van der Waals surface area contributed by atoms with Crippen LogP contribution in [0.4, 0.5) is 0 Å². The molecule has 2 rings (SSSR count). The number of ether oxygens (including phenoxy) is 5. The highest BCUT2D eigenvalue weighted by atomic mass is 79.9. The SMILES string of the molecule is C#CCOCCOCCOCCOCCOCCCCC1(CCl)N=c2ccc(Br)cc2=N1. The Balaban J connectivity index is 1.39. The first-order valence-electron chi connectivity index (χ1n) is 10.8. The van der Waals surface area contributed by atoms with Gasteiger partial charge in [-0.15, -0.1) is 18.0 Å². The lowest BCUT2D eigenvalue weighted by Gasteiger charge is -2.19. The molecule has 0 saturated heterocycles. The van der Waals surface area contributed by atoms with E-state index < -0.39 is 5.66 Å². The largest absolute Gasteiger partial charge is 0.379 e. The lowest BCUT2D eigenvalue weighted by atomic mass is 10.1. The van der Waals surface area contributed by atoms with Gasteiger partial charge in [0.05, 0.1) is 69.4 Å². The predicted molar refractivity (Wildman–Crippen MR) is 127 cm³/mol. The van der Waals surface area contributed by atoms with Crippen LogP contribution in [-0.4, -0.2) is 77.6 Å². The van der Waals surface area contributed by atoms with Crippen molar-refractivity contribution in [1.29, 1.82) is 0 Å². The van der Waals surface area contributed by atoms with E-state index in [-0.39, 0.29) is 0 Å². The van der Waals surface area contributed by atoms with Gasteiger partial charge in [-0.2, -0.15) is 0 Å². The Kier molecular flexibility index (Phi) is 14.1. The fourth-order valence-corrected chi connectivity index (χ4v) is 3.62. The minimum absolute atomic E-state index is 0.315. The molecular weight excluding hydrogens is 500 g/mol. The van der Waals surface area contributed by atoms with E-state index >= 15 is 0 Å². The van der Waals surface area contributed by atoms with Crippen molar-refractivity contribution in [1.82, 2.24) is 0 Å². The molecule has 0 saturated carbocycles. The maximum atomic E-state index is 6.20. The highest BCUT2D eigenvalue weighted by molar-refractivity contribution is 9.10. The highest BCUT2D eigenvalue weighted by Gasteiger charge is 2.29. The van der Waals surface area contributed by atoms with Crippen molar-refractivity contribution in [2.24, 2.45) is 9.98 Å². The van der Waals surface area contributed by atoms with Crippen molar-refractivity contribution in [3.8, 4) is 12.3 Å². The van der Waals surface area contributed by atoms with Gasteiger partial charge >= 0.3 is 0 Å². The van der Waals surface area contributed by atoms with E-state index in [1.807, 2.05) is 18.2 Å². The molecule has 0 N–H and O–H groups in total. The first-order chi connectivity index (χ1) is 15.7. The van der Waals surface area contributed by atoms with Crippen molar-refractivity contribution in [2.45, 2.75) is 24.9 Å². The van der Waals surface area contributed by atoms with Crippen LogP contribution in [0.5, 0.6) is 0 Å². The number of benzene rings is 1. The van der Waals surface area contributed by atoms with Crippen molar-refractivity contribution in [3.63, 3.8) is 0 Å². The molecule has 0 aliphatic carbocycles. The average molecular weight is 532 g/mol. The van der Waals surface area contributed by atoms with Crippen LogP contribution < -0.4 is 10.7 Å². The number of fused-ring (bicyclic) bond motifs is 1. The smallest absolute Gasteiger partial charge is 0.165 e. The summed E-state index contributed by atoms with van der Waals surface area (Å²) in [6.45, 7) is 5.24. The predicted octanol–water partition coefficient (Wildman–Crippen LogP) is 2.52. The normalized spacial score (nSPS) is 16.9. The van der Waals surface area contributed by atoms with Crippen molar-refractivity contribution >= 4 is 27.5 Å². The summed E-state index contributed by atoms with van der Waals surface area (Å²) in [4.78, 5) is 9.50. The molecule has 0 bridgehead atoms. The van der Waals surface area contributed by atoms with Crippen LogP contribution in [0.1, 0.15) is 19.3 Å². The van der Waals surface area contributed by atoms with E-state index in [1.54, 1.807) is 0 Å². The fraction of sp³-hybridized carbons (Fsp3) is 0.652. The quantitative estimate of drug-likeness (QED) is 0.156. The number of unbranched alkanes of at least 4 members (excludes halogenated alkanes) is 1. The van der Waals surface area contributed by atoms with Gasteiger partial charge in [0.2, 0.25) is 0 Å². The standard InChI is InChI=1S/C23H32BrClN2O5/c1-2-8-28-10-12-30-14-16-32-17-15-31-13-11-29-9-4-3-7-23(19-25)26-21-6-5-20(24)18-22(21)27-23/h1,5-6,18H,3-4,7-17,19H2. The van der Waals surface area contributed by atoms with Gasteiger partial charge in [0, 0.05) is 11.1 Å². The zero-order valence-electron chi connectivity index (χ0n) is 18.4. The van der Waals surface area contributed by atoms with E-state index in [0.29, 0.717) is 71.9 Å². The van der Waals surface area contributed by atoms with E-state index in [2.05, 4.69) is 21.9 Å². The summed E-state index contributed by atoms with van der Waals surface area (Å²) < 4.78 is 28.0. The molecule has 178 valence electrons. The third kappa shape index (κ3) is 10.7. The minimum atomic E-state index is -0.547. The van der Waals surface area contributed by atoms with Crippen LogP contribution in [0, 0.1) is 12.3 Å². The average Bonchev–Trinajstić information content (AvgIpc) is 3.16. The summed E-state index contributed by atoms with van der Waals surface area (Å²) in [5.41, 5.74) is -0.547. The molecule has 0 amide bonds. The molecule has 1 aliphatic heterocycles. The fourth-order valence-electron chi connectivity index (χ4n) is 3.02. The van der Waals surface area contributed by atoms with Gasteiger partial charge in [-0.3, -0.25) is 9.98 Å². The van der Waals surface area contributed by atoms with Gasteiger partial charge in [-0.1, -0.05) is 21.9 Å². The van der Waals surface area contributed by atoms with Crippen molar-refractivity contribution < 1.29 is 23.7 Å². The molecule has 7 nitrogen and oxygen atoms in total. The van der Waals surface area contributed by atoms with E-state index in [1.165, 1.54) is 0 Å². The molecule has 0 radical (unpaired) electrons. The lowest BCUT2D eigenvalue weighted by molar-refractivity contribution is -0.00939. The maximum Gasteiger partial charge on any atom is 0.165 e. The van der Waals surface area contributed by atoms with Gasteiger partial charge in [-0.25, -0.2) is 0 Å².